The lowest BCUT2D eigenvalue weighted by atomic mass is 9.89. The Morgan fingerprint density at radius 1 is 0.875 bits per heavy atom. The Labute approximate surface area is 180 Å². The zero-order valence-corrected chi connectivity index (χ0v) is 16.8. The Hall–Kier alpha value is -4.53. The zero-order valence-electron chi connectivity index (χ0n) is 16.8. The van der Waals surface area contributed by atoms with Crippen LogP contribution in [0.1, 0.15) is 20.7 Å². The molecule has 0 bridgehead atoms. The van der Waals surface area contributed by atoms with Gasteiger partial charge in [0, 0.05) is 16.5 Å². The van der Waals surface area contributed by atoms with Crippen LogP contribution in [0.3, 0.4) is 0 Å². The Bertz CT molecular complexity index is 1430. The number of hydrogen-bond acceptors (Lipinski definition) is 7. The van der Waals surface area contributed by atoms with E-state index < -0.39 is 17.4 Å². The summed E-state index contributed by atoms with van der Waals surface area (Å²) >= 11 is 0. The Morgan fingerprint density at radius 3 is 2.19 bits per heavy atom. The summed E-state index contributed by atoms with van der Waals surface area (Å²) in [5.41, 5.74) is -0.00228. The van der Waals surface area contributed by atoms with Crippen LogP contribution in [0.15, 0.2) is 51.7 Å². The maximum absolute atomic E-state index is 12.3. The molecule has 0 spiro atoms. The van der Waals surface area contributed by atoms with Crippen molar-refractivity contribution >= 4 is 22.9 Å². The summed E-state index contributed by atoms with van der Waals surface area (Å²) in [6.45, 7) is 0. The Morgan fingerprint density at radius 2 is 1.56 bits per heavy atom. The summed E-state index contributed by atoms with van der Waals surface area (Å²) in [7, 11) is 2.61. The van der Waals surface area contributed by atoms with Gasteiger partial charge >= 0.3 is 11.9 Å². The van der Waals surface area contributed by atoms with Crippen molar-refractivity contribution in [1.82, 2.24) is 0 Å². The number of hydrogen-bond donors (Lipinski definition) is 3. The molecule has 3 N–H and O–H groups in total. The lowest BCUT2D eigenvalue weighted by Gasteiger charge is -2.19. The molecule has 9 heteroatoms. The molecule has 9 nitrogen and oxygen atoms in total. The topological polar surface area (TPSA) is 144 Å². The number of phenolic OH excluding ortho intramolecular Hbond substituents is 1. The fourth-order valence-corrected chi connectivity index (χ4v) is 3.69. The van der Waals surface area contributed by atoms with E-state index in [4.69, 9.17) is 13.9 Å². The number of aromatic carboxylic acids is 2. The summed E-state index contributed by atoms with van der Waals surface area (Å²) in [6, 6.07) is 9.31. The highest BCUT2D eigenvalue weighted by Gasteiger charge is 2.27. The van der Waals surface area contributed by atoms with E-state index in [0.29, 0.717) is 16.5 Å². The van der Waals surface area contributed by atoms with Crippen LogP contribution in [0.2, 0.25) is 0 Å². The van der Waals surface area contributed by atoms with Gasteiger partial charge in [-0.05, 0) is 42.0 Å². The van der Waals surface area contributed by atoms with Crippen LogP contribution < -0.4 is 14.9 Å². The minimum atomic E-state index is -1.34. The molecule has 0 saturated carbocycles. The maximum Gasteiger partial charge on any atom is 0.336 e. The van der Waals surface area contributed by atoms with E-state index in [2.05, 4.69) is 0 Å². The lowest BCUT2D eigenvalue weighted by molar-refractivity contribution is 0.0696. The minimum absolute atomic E-state index is 0.0186. The van der Waals surface area contributed by atoms with Crippen molar-refractivity contribution in [3.8, 4) is 39.7 Å². The van der Waals surface area contributed by atoms with Crippen molar-refractivity contribution < 1.29 is 38.8 Å². The molecule has 2 aliphatic rings. The first-order chi connectivity index (χ1) is 15.3. The van der Waals surface area contributed by atoms with Gasteiger partial charge in [-0.3, -0.25) is 4.79 Å². The van der Waals surface area contributed by atoms with Crippen molar-refractivity contribution in [1.29, 1.82) is 0 Å². The van der Waals surface area contributed by atoms with E-state index in [1.807, 2.05) is 0 Å². The smallest absolute Gasteiger partial charge is 0.336 e. The van der Waals surface area contributed by atoms with Crippen LogP contribution >= 0.6 is 0 Å². The largest absolute Gasteiger partial charge is 0.504 e. The van der Waals surface area contributed by atoms with Gasteiger partial charge in [0.05, 0.1) is 25.3 Å². The molecule has 0 unspecified atom stereocenters. The second-order valence-electron chi connectivity index (χ2n) is 6.82. The first-order valence-corrected chi connectivity index (χ1v) is 9.23. The molecule has 0 fully saturated rings. The molecule has 1 aliphatic heterocycles. The molecular formula is C23H16O9. The molecule has 1 aliphatic carbocycles. The summed E-state index contributed by atoms with van der Waals surface area (Å²) in [5.74, 6) is -2.97. The van der Waals surface area contributed by atoms with Crippen molar-refractivity contribution in [3.05, 3.63) is 63.8 Å². The van der Waals surface area contributed by atoms with Gasteiger partial charge in [-0.1, -0.05) is 6.07 Å². The fraction of sp³-hybridized carbons (Fsp3) is 0.0870. The third-order valence-corrected chi connectivity index (χ3v) is 5.08. The number of fused-ring (bicyclic) bond motifs is 2. The van der Waals surface area contributed by atoms with Gasteiger partial charge in [0.2, 0.25) is 16.9 Å². The number of methoxy groups -OCH3 is 2. The predicted molar refractivity (Wildman–Crippen MR) is 113 cm³/mol. The Kier molecular flexibility index (Phi) is 4.94. The number of carboxylic acid groups (broad SMARTS) is 2. The number of carboxylic acids is 2. The van der Waals surface area contributed by atoms with Crippen molar-refractivity contribution in [2.45, 2.75) is 0 Å². The predicted octanol–water partition coefficient (Wildman–Crippen LogP) is 3.68. The van der Waals surface area contributed by atoms with Crippen LogP contribution in [0.5, 0.6) is 17.2 Å². The van der Waals surface area contributed by atoms with E-state index in [-0.39, 0.29) is 45.3 Å². The number of carbonyl (C=O) groups is 2. The molecule has 162 valence electrons. The first kappa shape index (κ1) is 20.7. The SMILES string of the molecule is COc1c2oc3c(OC)c(O)ccc3c(-c3ccc(C(=O)O)cc3C(=O)O)c-2ccc1=O. The number of rotatable bonds is 5. The highest BCUT2D eigenvalue weighted by molar-refractivity contribution is 6.10. The van der Waals surface area contributed by atoms with Crippen LogP contribution in [0.25, 0.3) is 33.4 Å². The molecule has 4 rings (SSSR count). The van der Waals surface area contributed by atoms with Crippen molar-refractivity contribution in [2.75, 3.05) is 14.2 Å². The minimum Gasteiger partial charge on any atom is -0.504 e. The highest BCUT2D eigenvalue weighted by atomic mass is 16.5. The van der Waals surface area contributed by atoms with Gasteiger partial charge in [0.15, 0.2) is 17.1 Å². The van der Waals surface area contributed by atoms with E-state index in [1.165, 1.54) is 50.6 Å². The van der Waals surface area contributed by atoms with Gasteiger partial charge in [-0.15, -0.1) is 0 Å². The molecular weight excluding hydrogens is 420 g/mol. The van der Waals surface area contributed by atoms with Gasteiger partial charge in [0.25, 0.3) is 0 Å². The Balaban J connectivity index is 2.25. The van der Waals surface area contributed by atoms with Crippen molar-refractivity contribution in [2.24, 2.45) is 0 Å². The zero-order chi connectivity index (χ0) is 23.2. The molecule has 32 heavy (non-hydrogen) atoms. The third kappa shape index (κ3) is 3.07. The summed E-state index contributed by atoms with van der Waals surface area (Å²) < 4.78 is 16.4. The normalized spacial score (nSPS) is 10.9. The fourth-order valence-electron chi connectivity index (χ4n) is 3.69. The molecule has 0 atom stereocenters. The van der Waals surface area contributed by atoms with Crippen LogP contribution in [0, 0.1) is 0 Å². The molecule has 2 aromatic rings. The maximum atomic E-state index is 12.3. The van der Waals surface area contributed by atoms with Crippen LogP contribution in [0.4, 0.5) is 0 Å². The second kappa shape index (κ2) is 7.62. The van der Waals surface area contributed by atoms with Gasteiger partial charge in [-0.2, -0.15) is 0 Å². The van der Waals surface area contributed by atoms with Gasteiger partial charge in [-0.25, -0.2) is 9.59 Å². The van der Waals surface area contributed by atoms with Crippen LogP contribution in [-0.4, -0.2) is 41.5 Å². The number of ether oxygens (including phenoxy) is 2. The molecule has 0 radical (unpaired) electrons. The number of benzene rings is 3. The van der Waals surface area contributed by atoms with Gasteiger partial charge < -0.3 is 29.2 Å². The van der Waals surface area contributed by atoms with E-state index >= 15 is 0 Å². The highest BCUT2D eigenvalue weighted by Crippen LogP contribution is 2.48. The molecule has 1 heterocycles. The monoisotopic (exact) mass is 436 g/mol. The second-order valence-corrected chi connectivity index (χ2v) is 6.82. The summed E-state index contributed by atoms with van der Waals surface area (Å²) in [4.78, 5) is 35.8. The van der Waals surface area contributed by atoms with E-state index in [9.17, 15) is 29.7 Å². The average molecular weight is 436 g/mol. The van der Waals surface area contributed by atoms with E-state index in [1.54, 1.807) is 0 Å². The summed E-state index contributed by atoms with van der Waals surface area (Å²) in [5, 5.41) is 29.7. The lowest BCUT2D eigenvalue weighted by Crippen LogP contribution is -2.09. The van der Waals surface area contributed by atoms with Gasteiger partial charge in [0.1, 0.15) is 0 Å². The van der Waals surface area contributed by atoms with Crippen LogP contribution in [-0.2, 0) is 0 Å². The van der Waals surface area contributed by atoms with Crippen molar-refractivity contribution in [3.63, 3.8) is 0 Å². The first-order valence-electron chi connectivity index (χ1n) is 9.23. The molecule has 0 saturated heterocycles. The number of phenols is 1. The third-order valence-electron chi connectivity index (χ3n) is 5.08. The molecule has 0 amide bonds. The standard InChI is InChI=1S/C23H16O9/c1-30-20-15(24)7-5-12-17(11-4-3-10(22(26)27)9-14(11)23(28)29)13-6-8-16(25)21(31-2)19(13)32-18(12)20/h3-9,24H,1-2H3,(H,26,27)(H,28,29). The quantitative estimate of drug-likeness (QED) is 0.399. The summed E-state index contributed by atoms with van der Waals surface area (Å²) in [6.07, 6.45) is 0. The number of aromatic hydroxyl groups is 1. The average Bonchev–Trinajstić information content (AvgIpc) is 2.77. The molecule has 2 aromatic carbocycles. The molecule has 0 aromatic heterocycles. The van der Waals surface area contributed by atoms with E-state index in [0.717, 1.165) is 6.07 Å².